The van der Waals surface area contributed by atoms with E-state index in [2.05, 4.69) is 0 Å². The molecule has 0 amide bonds. The summed E-state index contributed by atoms with van der Waals surface area (Å²) in [4.78, 5) is 24.7. The quantitative estimate of drug-likeness (QED) is 0.762. The Morgan fingerprint density at radius 1 is 0.958 bits per heavy atom. The summed E-state index contributed by atoms with van der Waals surface area (Å²) in [6.07, 6.45) is 0.278. The third-order valence-corrected chi connectivity index (χ3v) is 3.86. The van der Waals surface area contributed by atoms with Crippen LogP contribution in [-0.2, 0) is 0 Å². The van der Waals surface area contributed by atoms with Gasteiger partial charge in [0, 0.05) is 18.4 Å². The molecule has 1 aliphatic heterocycles. The van der Waals surface area contributed by atoms with Gasteiger partial charge in [-0.1, -0.05) is 6.07 Å². The van der Waals surface area contributed by atoms with Crippen LogP contribution in [0.4, 0.5) is 0 Å². The lowest BCUT2D eigenvalue weighted by atomic mass is 10.0. The molecule has 3 rings (SSSR count). The largest absolute Gasteiger partial charge is 0.497 e. The van der Waals surface area contributed by atoms with Crippen molar-refractivity contribution in [3.8, 4) is 17.2 Å². The highest BCUT2D eigenvalue weighted by atomic mass is 16.6. The lowest BCUT2D eigenvalue weighted by Gasteiger charge is -2.20. The van der Waals surface area contributed by atoms with Crippen LogP contribution >= 0.6 is 0 Å². The van der Waals surface area contributed by atoms with Crippen LogP contribution in [0, 0.1) is 0 Å². The fourth-order valence-electron chi connectivity index (χ4n) is 2.58. The second-order valence-electron chi connectivity index (χ2n) is 5.40. The molecular formula is C19H18O5. The van der Waals surface area contributed by atoms with E-state index < -0.39 is 0 Å². The first kappa shape index (κ1) is 16.1. The third-order valence-electron chi connectivity index (χ3n) is 3.86. The van der Waals surface area contributed by atoms with Crippen LogP contribution in [-0.4, -0.2) is 31.9 Å². The minimum Gasteiger partial charge on any atom is -0.497 e. The van der Waals surface area contributed by atoms with Crippen molar-refractivity contribution >= 4 is 11.6 Å². The maximum absolute atomic E-state index is 12.4. The van der Waals surface area contributed by atoms with Crippen molar-refractivity contribution < 1.29 is 23.8 Å². The van der Waals surface area contributed by atoms with Crippen LogP contribution in [0.1, 0.15) is 33.6 Å². The van der Waals surface area contributed by atoms with Gasteiger partial charge in [-0.05, 0) is 36.4 Å². The third kappa shape index (κ3) is 3.40. The average molecular weight is 326 g/mol. The maximum atomic E-state index is 12.4. The minimum absolute atomic E-state index is 0.0760. The molecule has 0 aromatic heterocycles. The Kier molecular flexibility index (Phi) is 4.79. The number of ether oxygens (including phenoxy) is 3. The van der Waals surface area contributed by atoms with Gasteiger partial charge in [0.05, 0.1) is 12.7 Å². The molecule has 2 aromatic carbocycles. The zero-order valence-electron chi connectivity index (χ0n) is 13.4. The second kappa shape index (κ2) is 7.17. The van der Waals surface area contributed by atoms with E-state index in [1.165, 1.54) is 0 Å². The Morgan fingerprint density at radius 2 is 1.67 bits per heavy atom. The van der Waals surface area contributed by atoms with Crippen LogP contribution in [0.3, 0.4) is 0 Å². The normalized spacial score (nSPS) is 12.5. The lowest BCUT2D eigenvalue weighted by Crippen LogP contribution is -2.18. The molecule has 1 heterocycles. The molecule has 0 saturated carbocycles. The van der Waals surface area contributed by atoms with Gasteiger partial charge < -0.3 is 14.2 Å². The van der Waals surface area contributed by atoms with Crippen molar-refractivity contribution in [3.05, 3.63) is 53.6 Å². The average Bonchev–Trinajstić information content (AvgIpc) is 2.65. The SMILES string of the molecule is COc1ccc(C(=O)CCC(=O)c2cccc3c2OCCO3)cc1. The van der Waals surface area contributed by atoms with Gasteiger partial charge in [-0.25, -0.2) is 0 Å². The number of methoxy groups -OCH3 is 1. The zero-order chi connectivity index (χ0) is 16.9. The summed E-state index contributed by atoms with van der Waals surface area (Å²) in [5.41, 5.74) is 1.04. The molecule has 5 nitrogen and oxygen atoms in total. The summed E-state index contributed by atoms with van der Waals surface area (Å²) in [6.45, 7) is 0.892. The van der Waals surface area contributed by atoms with E-state index in [0.29, 0.717) is 41.6 Å². The molecule has 0 aliphatic carbocycles. The summed E-state index contributed by atoms with van der Waals surface area (Å²) >= 11 is 0. The highest BCUT2D eigenvalue weighted by Gasteiger charge is 2.20. The Labute approximate surface area is 140 Å². The molecule has 0 saturated heterocycles. The van der Waals surface area contributed by atoms with Crippen LogP contribution in [0.5, 0.6) is 17.2 Å². The summed E-state index contributed by atoms with van der Waals surface area (Å²) in [5.74, 6) is 1.54. The number of hydrogen-bond acceptors (Lipinski definition) is 5. The molecular weight excluding hydrogens is 308 g/mol. The molecule has 0 bridgehead atoms. The van der Waals surface area contributed by atoms with Gasteiger partial charge >= 0.3 is 0 Å². The van der Waals surface area contributed by atoms with E-state index in [1.807, 2.05) is 0 Å². The Hall–Kier alpha value is -2.82. The van der Waals surface area contributed by atoms with Crippen molar-refractivity contribution in [1.82, 2.24) is 0 Å². The van der Waals surface area contributed by atoms with Gasteiger partial charge in [0.25, 0.3) is 0 Å². The first-order valence-corrected chi connectivity index (χ1v) is 7.78. The molecule has 0 atom stereocenters. The van der Waals surface area contributed by atoms with E-state index in [4.69, 9.17) is 14.2 Å². The van der Waals surface area contributed by atoms with E-state index in [1.54, 1.807) is 49.6 Å². The molecule has 0 radical (unpaired) electrons. The second-order valence-corrected chi connectivity index (χ2v) is 5.40. The van der Waals surface area contributed by atoms with E-state index >= 15 is 0 Å². The van der Waals surface area contributed by atoms with Crippen molar-refractivity contribution in [2.24, 2.45) is 0 Å². The van der Waals surface area contributed by atoms with E-state index in [0.717, 1.165) is 0 Å². The number of para-hydroxylation sites is 1. The smallest absolute Gasteiger partial charge is 0.172 e. The highest BCUT2D eigenvalue weighted by Crippen LogP contribution is 2.34. The van der Waals surface area contributed by atoms with Gasteiger partial charge in [-0.2, -0.15) is 0 Å². The van der Waals surface area contributed by atoms with E-state index in [-0.39, 0.29) is 24.4 Å². The molecule has 2 aromatic rings. The Bertz CT molecular complexity index is 749. The molecule has 24 heavy (non-hydrogen) atoms. The van der Waals surface area contributed by atoms with Gasteiger partial charge in [0.2, 0.25) is 0 Å². The van der Waals surface area contributed by atoms with Gasteiger partial charge in [0.15, 0.2) is 23.1 Å². The fraction of sp³-hybridized carbons (Fsp3) is 0.263. The number of benzene rings is 2. The molecule has 124 valence electrons. The van der Waals surface area contributed by atoms with Crippen LogP contribution in [0.25, 0.3) is 0 Å². The van der Waals surface area contributed by atoms with Crippen LogP contribution in [0.2, 0.25) is 0 Å². The number of ketones is 2. The molecule has 0 unspecified atom stereocenters. The molecule has 0 spiro atoms. The molecule has 5 heteroatoms. The van der Waals surface area contributed by atoms with Crippen molar-refractivity contribution in [1.29, 1.82) is 0 Å². The summed E-state index contributed by atoms with van der Waals surface area (Å²) in [7, 11) is 1.57. The number of rotatable bonds is 6. The fourth-order valence-corrected chi connectivity index (χ4v) is 2.58. The highest BCUT2D eigenvalue weighted by molar-refractivity contribution is 6.03. The molecule has 1 aliphatic rings. The number of carbonyl (C=O) groups is 2. The first-order chi connectivity index (χ1) is 11.7. The number of carbonyl (C=O) groups excluding carboxylic acids is 2. The summed E-state index contributed by atoms with van der Waals surface area (Å²) in [6, 6.07) is 12.1. The Morgan fingerprint density at radius 3 is 2.42 bits per heavy atom. The Balaban J connectivity index is 1.66. The first-order valence-electron chi connectivity index (χ1n) is 7.78. The lowest BCUT2D eigenvalue weighted by molar-refractivity contribution is 0.0911. The standard InChI is InChI=1S/C19H18O5/c1-22-14-7-5-13(6-8-14)16(20)9-10-17(21)15-3-2-4-18-19(15)24-12-11-23-18/h2-8H,9-12H2,1H3. The van der Waals surface area contributed by atoms with Crippen molar-refractivity contribution in [3.63, 3.8) is 0 Å². The number of fused-ring (bicyclic) bond motifs is 1. The zero-order valence-corrected chi connectivity index (χ0v) is 13.4. The van der Waals surface area contributed by atoms with Crippen molar-refractivity contribution in [2.75, 3.05) is 20.3 Å². The van der Waals surface area contributed by atoms with Crippen LogP contribution < -0.4 is 14.2 Å². The molecule has 0 N–H and O–H groups in total. The predicted octanol–water partition coefficient (Wildman–Crippen LogP) is 3.31. The van der Waals surface area contributed by atoms with Crippen LogP contribution in [0.15, 0.2) is 42.5 Å². The maximum Gasteiger partial charge on any atom is 0.172 e. The minimum atomic E-state index is -0.126. The van der Waals surface area contributed by atoms with Crippen molar-refractivity contribution in [2.45, 2.75) is 12.8 Å². The van der Waals surface area contributed by atoms with Gasteiger partial charge in [0.1, 0.15) is 19.0 Å². The van der Waals surface area contributed by atoms with E-state index in [9.17, 15) is 9.59 Å². The van der Waals surface area contributed by atoms with Gasteiger partial charge in [-0.3, -0.25) is 9.59 Å². The summed E-state index contributed by atoms with van der Waals surface area (Å²) < 4.78 is 16.1. The summed E-state index contributed by atoms with van der Waals surface area (Å²) in [5, 5.41) is 0. The molecule has 0 fully saturated rings. The van der Waals surface area contributed by atoms with Gasteiger partial charge in [-0.15, -0.1) is 0 Å². The monoisotopic (exact) mass is 326 g/mol. The predicted molar refractivity (Wildman–Crippen MR) is 88.3 cm³/mol. The number of Topliss-reactive ketones (excluding diaryl/α,β-unsaturated/α-hetero) is 2. The number of hydrogen-bond donors (Lipinski definition) is 0. The topological polar surface area (TPSA) is 61.8 Å².